The lowest BCUT2D eigenvalue weighted by molar-refractivity contribution is -0.122. The van der Waals surface area contributed by atoms with E-state index in [-0.39, 0.29) is 11.7 Å². The molecule has 4 nitrogen and oxygen atoms in total. The van der Waals surface area contributed by atoms with Crippen molar-refractivity contribution in [1.29, 1.82) is 0 Å². The number of alkyl halides is 4. The molecule has 18 heavy (non-hydrogen) atoms. The highest BCUT2D eigenvalue weighted by Gasteiger charge is 2.41. The fraction of sp³-hybridized carbons (Fsp3) is 1.00. The molecule has 0 spiro atoms. The van der Waals surface area contributed by atoms with Gasteiger partial charge in [-0.15, -0.1) is 0 Å². The zero-order chi connectivity index (χ0) is 13.8. The first kappa shape index (κ1) is 15.6. The van der Waals surface area contributed by atoms with Gasteiger partial charge in [-0.05, 0) is 31.8 Å². The third-order valence-electron chi connectivity index (χ3n) is 2.70. The number of rotatable bonds is 6. The second-order valence-electron chi connectivity index (χ2n) is 4.38. The molecule has 108 valence electrons. The second-order valence-corrected chi connectivity index (χ2v) is 6.23. The Bertz CT molecular complexity index is 356. The summed E-state index contributed by atoms with van der Waals surface area (Å²) in [4.78, 5) is 0. The summed E-state index contributed by atoms with van der Waals surface area (Å²) in [5.41, 5.74) is 0. The Balaban J connectivity index is 2.44. The molecule has 1 aliphatic heterocycles. The highest BCUT2D eigenvalue weighted by molar-refractivity contribution is 7.89. The van der Waals surface area contributed by atoms with Gasteiger partial charge in [-0.3, -0.25) is 0 Å². The fourth-order valence-electron chi connectivity index (χ4n) is 1.72. The Labute approximate surface area is 103 Å². The predicted octanol–water partition coefficient (Wildman–Crippen LogP) is 0.806. The maximum absolute atomic E-state index is 12.6. The van der Waals surface area contributed by atoms with Crippen molar-refractivity contribution >= 4 is 10.0 Å². The molecule has 0 aromatic heterocycles. The van der Waals surface area contributed by atoms with Gasteiger partial charge in [0.2, 0.25) is 10.0 Å². The van der Waals surface area contributed by atoms with Crippen molar-refractivity contribution in [2.24, 2.45) is 5.92 Å². The van der Waals surface area contributed by atoms with Gasteiger partial charge in [0.05, 0.1) is 12.3 Å². The molecule has 0 bridgehead atoms. The van der Waals surface area contributed by atoms with Crippen molar-refractivity contribution in [3.63, 3.8) is 0 Å². The summed E-state index contributed by atoms with van der Waals surface area (Å²) in [6, 6.07) is 0. The molecule has 1 rings (SSSR count). The first-order valence-electron chi connectivity index (χ1n) is 5.57. The normalized spacial score (nSPS) is 22.4. The molecule has 0 aliphatic carbocycles. The van der Waals surface area contributed by atoms with Crippen LogP contribution in [0.1, 0.15) is 12.8 Å². The highest BCUT2D eigenvalue weighted by Crippen LogP contribution is 2.22. The van der Waals surface area contributed by atoms with Crippen molar-refractivity contribution in [2.45, 2.75) is 25.2 Å². The van der Waals surface area contributed by atoms with Crippen LogP contribution in [0.2, 0.25) is 0 Å². The average molecular weight is 292 g/mol. The maximum atomic E-state index is 12.6. The van der Waals surface area contributed by atoms with E-state index in [4.69, 9.17) is 0 Å². The Morgan fingerprint density at radius 2 is 2.06 bits per heavy atom. The quantitative estimate of drug-likeness (QED) is 0.712. The molecule has 9 heteroatoms. The molecule has 0 radical (unpaired) electrons. The number of nitrogens with one attached hydrogen (secondary N) is 2. The lowest BCUT2D eigenvalue weighted by Gasteiger charge is -2.23. The van der Waals surface area contributed by atoms with E-state index in [0.717, 1.165) is 13.0 Å². The molecule has 0 amide bonds. The van der Waals surface area contributed by atoms with Crippen molar-refractivity contribution in [2.75, 3.05) is 25.4 Å². The molecule has 0 aromatic carbocycles. The summed E-state index contributed by atoms with van der Waals surface area (Å²) in [7, 11) is -3.95. The van der Waals surface area contributed by atoms with Crippen LogP contribution in [0, 0.1) is 5.92 Å². The third kappa shape index (κ3) is 5.07. The van der Waals surface area contributed by atoms with Crippen LogP contribution in [-0.2, 0) is 10.0 Å². The SMILES string of the molecule is O=S(=O)(CC1CCCNC1)NCC(F)(F)C(F)F. The van der Waals surface area contributed by atoms with Gasteiger partial charge in [0, 0.05) is 0 Å². The molecular weight excluding hydrogens is 276 g/mol. The van der Waals surface area contributed by atoms with Crippen molar-refractivity contribution in [3.8, 4) is 0 Å². The number of sulfonamides is 1. The van der Waals surface area contributed by atoms with Crippen molar-refractivity contribution in [3.05, 3.63) is 0 Å². The summed E-state index contributed by atoms with van der Waals surface area (Å²) >= 11 is 0. The molecule has 1 fully saturated rings. The zero-order valence-corrected chi connectivity index (χ0v) is 10.5. The topological polar surface area (TPSA) is 58.2 Å². The van der Waals surface area contributed by atoms with Gasteiger partial charge in [0.15, 0.2) is 0 Å². The van der Waals surface area contributed by atoms with Crippen LogP contribution in [0.25, 0.3) is 0 Å². The highest BCUT2D eigenvalue weighted by atomic mass is 32.2. The van der Waals surface area contributed by atoms with Crippen molar-refractivity contribution < 1.29 is 26.0 Å². The fourth-order valence-corrected chi connectivity index (χ4v) is 3.15. The summed E-state index contributed by atoms with van der Waals surface area (Å²) < 4.78 is 73.3. The molecule has 1 unspecified atom stereocenters. The molecule has 2 N–H and O–H groups in total. The van der Waals surface area contributed by atoms with Crippen LogP contribution in [0.5, 0.6) is 0 Å². The molecular formula is C9H16F4N2O2S. The molecule has 1 atom stereocenters. The minimum absolute atomic E-state index is 0.170. The van der Waals surface area contributed by atoms with E-state index in [2.05, 4.69) is 5.32 Å². The molecule has 1 heterocycles. The summed E-state index contributed by atoms with van der Waals surface area (Å²) in [6.45, 7) is -0.271. The Hall–Kier alpha value is -0.410. The predicted molar refractivity (Wildman–Crippen MR) is 58.3 cm³/mol. The second kappa shape index (κ2) is 6.16. The maximum Gasteiger partial charge on any atom is 0.320 e. The van der Waals surface area contributed by atoms with Gasteiger partial charge in [-0.25, -0.2) is 21.9 Å². The minimum Gasteiger partial charge on any atom is -0.316 e. The van der Waals surface area contributed by atoms with Gasteiger partial charge < -0.3 is 5.32 Å². The first-order chi connectivity index (χ1) is 8.23. The van der Waals surface area contributed by atoms with E-state index in [9.17, 15) is 26.0 Å². The summed E-state index contributed by atoms with van der Waals surface area (Å²) in [5.74, 6) is -4.83. The monoisotopic (exact) mass is 292 g/mol. The smallest absolute Gasteiger partial charge is 0.316 e. The minimum atomic E-state index is -4.34. The number of hydrogen-bond acceptors (Lipinski definition) is 3. The van der Waals surface area contributed by atoms with Crippen LogP contribution in [-0.4, -0.2) is 46.2 Å². The van der Waals surface area contributed by atoms with Crippen molar-refractivity contribution in [1.82, 2.24) is 10.0 Å². The Kier molecular flexibility index (Phi) is 5.35. The largest absolute Gasteiger partial charge is 0.320 e. The summed E-state index contributed by atoms with van der Waals surface area (Å²) in [5, 5.41) is 2.99. The van der Waals surface area contributed by atoms with E-state index >= 15 is 0 Å². The van der Waals surface area contributed by atoms with E-state index < -0.39 is 28.9 Å². The van der Waals surface area contributed by atoms with Crippen LogP contribution < -0.4 is 10.0 Å². The van der Waals surface area contributed by atoms with Gasteiger partial charge >= 0.3 is 12.3 Å². The number of piperidine rings is 1. The van der Waals surface area contributed by atoms with E-state index in [1.54, 1.807) is 4.72 Å². The van der Waals surface area contributed by atoms with Gasteiger partial charge in [0.25, 0.3) is 0 Å². The first-order valence-corrected chi connectivity index (χ1v) is 7.22. The number of halogens is 4. The van der Waals surface area contributed by atoms with E-state index in [1.165, 1.54) is 0 Å². The molecule has 1 saturated heterocycles. The molecule has 1 aliphatic rings. The van der Waals surface area contributed by atoms with Crippen LogP contribution in [0.15, 0.2) is 0 Å². The van der Waals surface area contributed by atoms with Crippen LogP contribution in [0.4, 0.5) is 17.6 Å². The zero-order valence-electron chi connectivity index (χ0n) is 9.63. The van der Waals surface area contributed by atoms with Gasteiger partial charge in [-0.1, -0.05) is 0 Å². The van der Waals surface area contributed by atoms with Crippen LogP contribution in [0.3, 0.4) is 0 Å². The molecule has 0 saturated carbocycles. The standard InChI is InChI=1S/C9H16F4N2O2S/c10-8(11)9(12,13)6-15-18(16,17)5-7-2-1-3-14-4-7/h7-8,14-15H,1-6H2. The average Bonchev–Trinajstić information content (AvgIpc) is 2.27. The van der Waals surface area contributed by atoms with E-state index in [0.29, 0.717) is 13.0 Å². The van der Waals surface area contributed by atoms with Gasteiger partial charge in [0.1, 0.15) is 0 Å². The third-order valence-corrected chi connectivity index (χ3v) is 4.20. The Morgan fingerprint density at radius 3 is 2.56 bits per heavy atom. The lowest BCUT2D eigenvalue weighted by atomic mass is 10.0. The van der Waals surface area contributed by atoms with Crippen LogP contribution >= 0.6 is 0 Å². The van der Waals surface area contributed by atoms with Gasteiger partial charge in [-0.2, -0.15) is 8.78 Å². The lowest BCUT2D eigenvalue weighted by Crippen LogP contribution is -2.44. The Morgan fingerprint density at radius 1 is 1.39 bits per heavy atom. The van der Waals surface area contributed by atoms with E-state index in [1.807, 2.05) is 0 Å². The summed E-state index contributed by atoms with van der Waals surface area (Å²) in [6.07, 6.45) is -2.39. The number of hydrogen-bond donors (Lipinski definition) is 2. The molecule has 0 aromatic rings.